The quantitative estimate of drug-likeness (QED) is 0.450. The maximum atomic E-state index is 13.6. The lowest BCUT2D eigenvalue weighted by atomic mass is 9.66. The van der Waals surface area contributed by atoms with Crippen molar-refractivity contribution in [3.05, 3.63) is 0 Å². The SMILES string of the molecule is CCC1(OC(=O)C2C(OC(=O)CN3CCOCC3)C3CC2C2(CCOC2=O)C3)CCCC1. The highest BCUT2D eigenvalue weighted by Crippen LogP contribution is 2.63. The summed E-state index contributed by atoms with van der Waals surface area (Å²) in [4.78, 5) is 41.1. The number of carbonyl (C=O) groups is 3. The van der Waals surface area contributed by atoms with E-state index in [1.165, 1.54) is 0 Å². The summed E-state index contributed by atoms with van der Waals surface area (Å²) in [6.45, 7) is 5.29. The van der Waals surface area contributed by atoms with Crippen LogP contribution in [0.5, 0.6) is 0 Å². The Labute approximate surface area is 189 Å². The molecule has 5 rings (SSSR count). The van der Waals surface area contributed by atoms with Crippen LogP contribution in [0.3, 0.4) is 0 Å². The molecule has 8 nitrogen and oxygen atoms in total. The van der Waals surface area contributed by atoms with Gasteiger partial charge in [-0.3, -0.25) is 19.3 Å². The van der Waals surface area contributed by atoms with E-state index >= 15 is 0 Å². The number of hydrogen-bond donors (Lipinski definition) is 0. The Bertz CT molecular complexity index is 757. The number of hydrogen-bond acceptors (Lipinski definition) is 8. The molecule has 2 bridgehead atoms. The third kappa shape index (κ3) is 3.73. The predicted molar refractivity (Wildman–Crippen MR) is 112 cm³/mol. The second-order valence-corrected chi connectivity index (χ2v) is 10.4. The molecule has 2 aliphatic heterocycles. The average Bonchev–Trinajstić information content (AvgIpc) is 3.55. The predicted octanol–water partition coefficient (Wildman–Crippen LogP) is 2.09. The van der Waals surface area contributed by atoms with Gasteiger partial charge >= 0.3 is 17.9 Å². The molecular weight excluding hydrogens is 414 g/mol. The first kappa shape index (κ1) is 22.1. The summed E-state index contributed by atoms with van der Waals surface area (Å²) in [7, 11) is 0. The van der Waals surface area contributed by atoms with Crippen molar-refractivity contribution in [1.29, 1.82) is 0 Å². The number of carbonyl (C=O) groups excluding carboxylic acids is 3. The van der Waals surface area contributed by atoms with E-state index in [1.807, 2.05) is 4.90 Å². The molecule has 5 aliphatic rings. The van der Waals surface area contributed by atoms with Gasteiger partial charge < -0.3 is 18.9 Å². The third-order valence-corrected chi connectivity index (χ3v) is 8.81. The highest BCUT2D eigenvalue weighted by atomic mass is 16.6. The Morgan fingerprint density at radius 1 is 1.12 bits per heavy atom. The van der Waals surface area contributed by atoms with Gasteiger partial charge in [0.1, 0.15) is 11.7 Å². The van der Waals surface area contributed by atoms with Crippen LogP contribution in [0, 0.1) is 23.2 Å². The molecule has 3 saturated carbocycles. The molecular formula is C24H35NO7. The zero-order valence-corrected chi connectivity index (χ0v) is 19.0. The van der Waals surface area contributed by atoms with Crippen LogP contribution in [0.2, 0.25) is 0 Å². The molecule has 0 radical (unpaired) electrons. The number of cyclic esters (lactones) is 1. The highest BCUT2D eigenvalue weighted by molar-refractivity contribution is 5.83. The van der Waals surface area contributed by atoms with Crippen LogP contribution in [0.15, 0.2) is 0 Å². The van der Waals surface area contributed by atoms with E-state index in [0.717, 1.165) is 32.1 Å². The monoisotopic (exact) mass is 449 g/mol. The summed E-state index contributed by atoms with van der Waals surface area (Å²) in [6, 6.07) is 0. The molecule has 32 heavy (non-hydrogen) atoms. The lowest BCUT2D eigenvalue weighted by Gasteiger charge is -2.40. The fourth-order valence-electron chi connectivity index (χ4n) is 7.04. The van der Waals surface area contributed by atoms with E-state index in [-0.39, 0.29) is 36.3 Å². The lowest BCUT2D eigenvalue weighted by Crippen LogP contribution is -2.50. The van der Waals surface area contributed by atoms with Crippen LogP contribution in [-0.2, 0) is 33.3 Å². The molecule has 2 heterocycles. The summed E-state index contributed by atoms with van der Waals surface area (Å²) in [6.07, 6.45) is 6.14. The molecule has 0 aromatic rings. The van der Waals surface area contributed by atoms with Crippen LogP contribution in [0.25, 0.3) is 0 Å². The molecule has 0 aromatic heterocycles. The summed E-state index contributed by atoms with van der Waals surface area (Å²) >= 11 is 0. The molecule has 0 N–H and O–H groups in total. The summed E-state index contributed by atoms with van der Waals surface area (Å²) in [5.41, 5.74) is -1.03. The molecule has 1 spiro atoms. The van der Waals surface area contributed by atoms with Gasteiger partial charge in [0, 0.05) is 13.1 Å². The minimum Gasteiger partial charge on any atom is -0.465 e. The molecule has 3 aliphatic carbocycles. The number of fused-ring (bicyclic) bond motifs is 3. The molecule has 0 aromatic carbocycles. The molecule has 2 saturated heterocycles. The lowest BCUT2D eigenvalue weighted by molar-refractivity contribution is -0.182. The number of nitrogens with zero attached hydrogens (tertiary/aromatic N) is 1. The van der Waals surface area contributed by atoms with E-state index in [2.05, 4.69) is 6.92 Å². The van der Waals surface area contributed by atoms with Crippen molar-refractivity contribution in [2.75, 3.05) is 39.5 Å². The van der Waals surface area contributed by atoms with Gasteiger partial charge in [0.25, 0.3) is 0 Å². The number of morpholine rings is 1. The zero-order valence-electron chi connectivity index (χ0n) is 19.0. The van der Waals surface area contributed by atoms with Gasteiger partial charge in [-0.1, -0.05) is 6.92 Å². The number of ether oxygens (including phenoxy) is 4. The molecule has 0 amide bonds. The smallest absolute Gasteiger partial charge is 0.320 e. The maximum absolute atomic E-state index is 13.6. The van der Waals surface area contributed by atoms with Gasteiger partial charge in [-0.15, -0.1) is 0 Å². The van der Waals surface area contributed by atoms with E-state index < -0.39 is 23.0 Å². The first-order chi connectivity index (χ1) is 15.5. The normalized spacial score (nSPS) is 38.2. The highest BCUT2D eigenvalue weighted by Gasteiger charge is 2.69. The molecule has 5 fully saturated rings. The Kier molecular flexibility index (Phi) is 5.95. The largest absolute Gasteiger partial charge is 0.465 e. The van der Waals surface area contributed by atoms with Crippen LogP contribution in [-0.4, -0.2) is 74.0 Å². The van der Waals surface area contributed by atoms with Gasteiger partial charge in [-0.2, -0.15) is 0 Å². The summed E-state index contributed by atoms with van der Waals surface area (Å²) in [5, 5.41) is 0. The van der Waals surface area contributed by atoms with Crippen molar-refractivity contribution in [1.82, 2.24) is 4.90 Å². The van der Waals surface area contributed by atoms with Crippen molar-refractivity contribution in [3.8, 4) is 0 Å². The van der Waals surface area contributed by atoms with E-state index in [1.54, 1.807) is 0 Å². The van der Waals surface area contributed by atoms with E-state index in [0.29, 0.717) is 52.2 Å². The fourth-order valence-corrected chi connectivity index (χ4v) is 7.04. The second kappa shape index (κ2) is 8.60. The molecule has 8 heteroatoms. The van der Waals surface area contributed by atoms with Crippen LogP contribution in [0.4, 0.5) is 0 Å². The van der Waals surface area contributed by atoms with Gasteiger partial charge in [0.15, 0.2) is 0 Å². The number of esters is 3. The van der Waals surface area contributed by atoms with Crippen LogP contribution >= 0.6 is 0 Å². The number of rotatable bonds is 6. The van der Waals surface area contributed by atoms with Crippen molar-refractivity contribution in [2.45, 2.75) is 70.0 Å². The summed E-state index contributed by atoms with van der Waals surface area (Å²) < 4.78 is 22.8. The molecule has 178 valence electrons. The Balaban J connectivity index is 1.34. The van der Waals surface area contributed by atoms with Gasteiger partial charge in [0.05, 0.1) is 37.7 Å². The van der Waals surface area contributed by atoms with Crippen molar-refractivity contribution < 1.29 is 33.3 Å². The minimum absolute atomic E-state index is 0.00186. The molecule has 5 unspecified atom stereocenters. The standard InChI is InChI=1S/C24H35NO7/c1-2-23(5-3-4-6-23)32-21(27)19-17-13-16(14-24(17)7-10-30-22(24)28)20(19)31-18(26)15-25-8-11-29-12-9-25/h16-17,19-20H,2-15H2,1H3. The average molecular weight is 450 g/mol. The van der Waals surface area contributed by atoms with Crippen LogP contribution < -0.4 is 0 Å². The Morgan fingerprint density at radius 2 is 1.88 bits per heavy atom. The fraction of sp³-hybridized carbons (Fsp3) is 0.875. The van der Waals surface area contributed by atoms with Gasteiger partial charge in [-0.05, 0) is 63.2 Å². The van der Waals surface area contributed by atoms with E-state index in [4.69, 9.17) is 18.9 Å². The minimum atomic E-state index is -0.615. The maximum Gasteiger partial charge on any atom is 0.320 e. The Morgan fingerprint density at radius 3 is 2.53 bits per heavy atom. The Hall–Kier alpha value is -1.67. The summed E-state index contributed by atoms with van der Waals surface area (Å²) in [5.74, 6) is -1.55. The first-order valence-electron chi connectivity index (χ1n) is 12.4. The van der Waals surface area contributed by atoms with Crippen LogP contribution in [0.1, 0.15) is 58.3 Å². The van der Waals surface area contributed by atoms with Gasteiger partial charge in [0.2, 0.25) is 0 Å². The molecule has 5 atom stereocenters. The van der Waals surface area contributed by atoms with E-state index in [9.17, 15) is 14.4 Å². The van der Waals surface area contributed by atoms with Crippen molar-refractivity contribution in [3.63, 3.8) is 0 Å². The topological polar surface area (TPSA) is 91.4 Å². The second-order valence-electron chi connectivity index (χ2n) is 10.4. The third-order valence-electron chi connectivity index (χ3n) is 8.81. The van der Waals surface area contributed by atoms with Crippen molar-refractivity contribution >= 4 is 17.9 Å². The zero-order chi connectivity index (χ0) is 22.3. The van der Waals surface area contributed by atoms with Crippen molar-refractivity contribution in [2.24, 2.45) is 23.2 Å². The first-order valence-corrected chi connectivity index (χ1v) is 12.4. The van der Waals surface area contributed by atoms with Gasteiger partial charge in [-0.25, -0.2) is 0 Å².